The highest BCUT2D eigenvalue weighted by molar-refractivity contribution is 5.99. The molecule has 0 bridgehead atoms. The van der Waals surface area contributed by atoms with Crippen molar-refractivity contribution >= 4 is 11.9 Å². The lowest BCUT2D eigenvalue weighted by Crippen LogP contribution is -2.50. The minimum atomic E-state index is -0.337. The first-order valence-corrected chi connectivity index (χ1v) is 28.2. The van der Waals surface area contributed by atoms with Gasteiger partial charge in [-0.1, -0.05) is 142 Å². The molecular weight excluding hydrogens is 785 g/mol. The van der Waals surface area contributed by atoms with Crippen molar-refractivity contribution in [2.45, 2.75) is 260 Å². The average molecular weight is 881 g/mol. The van der Waals surface area contributed by atoms with Gasteiger partial charge in [0.25, 0.3) is 0 Å². The Hall–Kier alpha value is -1.84. The summed E-state index contributed by atoms with van der Waals surface area (Å²) in [4.78, 5) is 27.4. The Morgan fingerprint density at radius 2 is 0.891 bits per heavy atom. The lowest BCUT2D eigenvalue weighted by Gasteiger charge is -2.58. The summed E-state index contributed by atoms with van der Waals surface area (Å²) in [6.45, 7) is 18.7. The van der Waals surface area contributed by atoms with E-state index in [2.05, 4.69) is 53.7 Å². The smallest absolute Gasteiger partial charge is 0.334 e. The van der Waals surface area contributed by atoms with Crippen LogP contribution in [0.4, 0.5) is 0 Å². The zero-order valence-corrected chi connectivity index (χ0v) is 42.8. The van der Waals surface area contributed by atoms with Gasteiger partial charge in [-0.15, -0.1) is 0 Å². The standard InChI is InChI=1S/C60H96O4/c1-9-11-13-15-17-19-21-43-25-29-51-49-27-23-45-39-47(31-35-59(45,7)53(49)33-37-57(43,51)5)63-55(61)41(3)42(4)56(62)64-48-32-36-60(8)46(40-48)24-28-50-52-30-26-44(22-20-18-16-14-12-10-2)58(52,6)38-34-54(50)60/h23-24,43-44,47-54H,9-22,25-40H2,1-8H3/b42-41+/t43-,44+,47-,48+,49-,50+,51-,52+,53-,54+,57+,58-,59-,60+. The summed E-state index contributed by atoms with van der Waals surface area (Å²) in [5.74, 6) is 6.05. The van der Waals surface area contributed by atoms with Crippen LogP contribution in [-0.2, 0) is 19.1 Å². The van der Waals surface area contributed by atoms with E-state index in [1.165, 1.54) is 154 Å². The van der Waals surface area contributed by atoms with E-state index in [0.29, 0.717) is 22.0 Å². The van der Waals surface area contributed by atoms with Gasteiger partial charge in [0.05, 0.1) is 0 Å². The minimum absolute atomic E-state index is 0.115. The van der Waals surface area contributed by atoms with Crippen LogP contribution < -0.4 is 0 Å². The summed E-state index contributed by atoms with van der Waals surface area (Å²) in [6.07, 6.45) is 44.2. The van der Waals surface area contributed by atoms with Crippen molar-refractivity contribution < 1.29 is 19.1 Å². The molecule has 6 saturated carbocycles. The monoisotopic (exact) mass is 881 g/mol. The van der Waals surface area contributed by atoms with Crippen LogP contribution in [0.1, 0.15) is 248 Å². The molecule has 0 aromatic carbocycles. The summed E-state index contributed by atoms with van der Waals surface area (Å²) in [6, 6.07) is 0. The molecule has 14 atom stereocenters. The maximum absolute atomic E-state index is 13.7. The van der Waals surface area contributed by atoms with Crippen LogP contribution in [0.3, 0.4) is 0 Å². The number of ether oxygens (including phenoxy) is 2. The second-order valence-corrected chi connectivity index (χ2v) is 25.1. The Bertz CT molecular complexity index is 1610. The van der Waals surface area contributed by atoms with Crippen LogP contribution in [0.5, 0.6) is 0 Å². The van der Waals surface area contributed by atoms with E-state index in [1.807, 2.05) is 0 Å². The van der Waals surface area contributed by atoms with E-state index in [-0.39, 0.29) is 35.0 Å². The Morgan fingerprint density at radius 1 is 0.500 bits per heavy atom. The number of rotatable bonds is 18. The lowest BCUT2D eigenvalue weighted by molar-refractivity contribution is -0.150. The molecule has 4 heteroatoms. The van der Waals surface area contributed by atoms with E-state index < -0.39 is 0 Å². The molecular formula is C60H96O4. The van der Waals surface area contributed by atoms with Crippen molar-refractivity contribution in [2.75, 3.05) is 0 Å². The molecule has 360 valence electrons. The van der Waals surface area contributed by atoms with E-state index in [1.54, 1.807) is 25.0 Å². The second-order valence-electron chi connectivity index (χ2n) is 25.1. The van der Waals surface area contributed by atoms with Gasteiger partial charge in [0.2, 0.25) is 0 Å². The average Bonchev–Trinajstić information content (AvgIpc) is 3.81. The van der Waals surface area contributed by atoms with Gasteiger partial charge in [0.15, 0.2) is 0 Å². The molecule has 8 aliphatic carbocycles. The summed E-state index contributed by atoms with van der Waals surface area (Å²) >= 11 is 0. The molecule has 0 heterocycles. The number of carbonyl (C=O) groups is 2. The first-order valence-electron chi connectivity index (χ1n) is 28.2. The highest BCUT2D eigenvalue weighted by Gasteiger charge is 2.60. The third kappa shape index (κ3) is 9.34. The van der Waals surface area contributed by atoms with Gasteiger partial charge in [-0.2, -0.15) is 0 Å². The molecule has 0 aliphatic heterocycles. The van der Waals surface area contributed by atoms with Crippen LogP contribution in [0, 0.1) is 69.0 Å². The predicted molar refractivity (Wildman–Crippen MR) is 265 cm³/mol. The number of fused-ring (bicyclic) bond motifs is 10. The molecule has 0 saturated heterocycles. The van der Waals surface area contributed by atoms with E-state index >= 15 is 0 Å². The van der Waals surface area contributed by atoms with Crippen molar-refractivity contribution in [1.29, 1.82) is 0 Å². The van der Waals surface area contributed by atoms with Gasteiger partial charge < -0.3 is 9.47 Å². The Labute approximate surface area is 393 Å². The van der Waals surface area contributed by atoms with Crippen molar-refractivity contribution in [3.63, 3.8) is 0 Å². The topological polar surface area (TPSA) is 52.6 Å². The molecule has 64 heavy (non-hydrogen) atoms. The van der Waals surface area contributed by atoms with Crippen LogP contribution in [0.2, 0.25) is 0 Å². The number of unbranched alkanes of at least 4 members (excludes halogenated alkanes) is 10. The number of carbonyl (C=O) groups excluding carboxylic acids is 2. The van der Waals surface area contributed by atoms with Crippen LogP contribution in [0.15, 0.2) is 34.4 Å². The Kier molecular flexibility index (Phi) is 15.5. The van der Waals surface area contributed by atoms with Crippen molar-refractivity contribution in [3.05, 3.63) is 34.4 Å². The van der Waals surface area contributed by atoms with E-state index in [0.717, 1.165) is 85.9 Å². The van der Waals surface area contributed by atoms with Crippen LogP contribution in [-0.4, -0.2) is 24.1 Å². The summed E-state index contributed by atoms with van der Waals surface area (Å²) in [5.41, 5.74) is 5.43. The molecule has 0 aromatic rings. The molecule has 0 N–H and O–H groups in total. The molecule has 6 fully saturated rings. The highest BCUT2D eigenvalue weighted by atomic mass is 16.5. The normalized spacial score (nSPS) is 41.5. The van der Waals surface area contributed by atoms with E-state index in [9.17, 15) is 9.59 Å². The lowest BCUT2D eigenvalue weighted by atomic mass is 9.47. The molecule has 8 rings (SSSR count). The van der Waals surface area contributed by atoms with Gasteiger partial charge in [-0.05, 0) is 186 Å². The number of hydrogen-bond donors (Lipinski definition) is 0. The molecule has 0 spiro atoms. The zero-order valence-electron chi connectivity index (χ0n) is 42.8. The fourth-order valence-electron chi connectivity index (χ4n) is 17.8. The second kappa shape index (κ2) is 20.4. The third-order valence-corrected chi connectivity index (χ3v) is 22.0. The van der Waals surface area contributed by atoms with Crippen LogP contribution >= 0.6 is 0 Å². The van der Waals surface area contributed by atoms with Crippen molar-refractivity contribution in [1.82, 2.24) is 0 Å². The molecule has 8 aliphatic rings. The molecule has 0 aromatic heterocycles. The zero-order chi connectivity index (χ0) is 45.3. The van der Waals surface area contributed by atoms with E-state index in [4.69, 9.17) is 9.47 Å². The fraction of sp³-hybridized carbons (Fsp3) is 0.867. The molecule has 4 nitrogen and oxygen atoms in total. The summed E-state index contributed by atoms with van der Waals surface area (Å²) in [7, 11) is 0. The van der Waals surface area contributed by atoms with Crippen molar-refractivity contribution in [2.24, 2.45) is 69.0 Å². The number of allylic oxidation sites excluding steroid dienone is 2. The first-order chi connectivity index (χ1) is 30.8. The highest BCUT2D eigenvalue weighted by Crippen LogP contribution is 2.68. The van der Waals surface area contributed by atoms with Gasteiger partial charge in [0.1, 0.15) is 12.2 Å². The van der Waals surface area contributed by atoms with Gasteiger partial charge >= 0.3 is 11.9 Å². The SMILES string of the molecule is CCCCCCCC[C@@H]1CC[C@@H]2[C@H]3CC=C4C[C@H](OC(=O)/C(C)=C(\C)C(=O)O[C@H]5CC[C@@]6(C)C(=CC[C@H]7[C@@H]8CC[C@H](CCCCCCCC)[C@@]8(C)CC[C@@H]76)C5)CC[C@@]4(C)[C@@H]3CC[C@@]12C. The Balaban J connectivity index is 0.815. The molecule has 0 unspecified atom stereocenters. The minimum Gasteiger partial charge on any atom is -0.459 e. The Morgan fingerprint density at radius 3 is 1.30 bits per heavy atom. The van der Waals surface area contributed by atoms with Crippen LogP contribution in [0.25, 0.3) is 0 Å². The predicted octanol–water partition coefficient (Wildman–Crippen LogP) is 16.8. The number of hydrogen-bond acceptors (Lipinski definition) is 4. The quantitative estimate of drug-likeness (QED) is 0.0596. The first kappa shape index (κ1) is 48.6. The fourth-order valence-corrected chi connectivity index (χ4v) is 17.8. The summed E-state index contributed by atoms with van der Waals surface area (Å²) < 4.78 is 12.5. The van der Waals surface area contributed by atoms with Gasteiger partial charge in [-0.3, -0.25) is 0 Å². The third-order valence-electron chi connectivity index (χ3n) is 22.0. The van der Waals surface area contributed by atoms with Gasteiger partial charge in [-0.25, -0.2) is 9.59 Å². The molecule has 0 radical (unpaired) electrons. The molecule has 0 amide bonds. The maximum atomic E-state index is 13.7. The summed E-state index contributed by atoms with van der Waals surface area (Å²) in [5, 5.41) is 0. The van der Waals surface area contributed by atoms with Gasteiger partial charge in [0, 0.05) is 24.0 Å². The van der Waals surface area contributed by atoms with Crippen molar-refractivity contribution in [3.8, 4) is 0 Å². The maximum Gasteiger partial charge on any atom is 0.334 e. The largest absolute Gasteiger partial charge is 0.459 e. The number of esters is 2.